The standard InChI is InChI=1S/C14H18F6N2O6/c1-6(2)4-7(10(24)27-3)21-9(23)8(22-11(25)13(15,16)17)5-28-12(26)14(18,19)20/h6-8H,4-5H2,1-3H3,(H,21,23)(H,22,25). The number of esters is 2. The van der Waals surface area contributed by atoms with Crippen molar-refractivity contribution in [3.63, 3.8) is 0 Å². The molecule has 2 atom stereocenters. The van der Waals surface area contributed by atoms with Gasteiger partial charge in [-0.05, 0) is 12.3 Å². The number of hydrogen-bond acceptors (Lipinski definition) is 6. The molecule has 0 aliphatic heterocycles. The van der Waals surface area contributed by atoms with Gasteiger partial charge in [0.15, 0.2) is 0 Å². The van der Waals surface area contributed by atoms with E-state index in [9.17, 15) is 45.5 Å². The topological polar surface area (TPSA) is 111 Å². The number of carbonyl (C=O) groups excluding carboxylic acids is 4. The maximum absolute atomic E-state index is 12.4. The number of carbonyl (C=O) groups is 4. The second-order valence-corrected chi connectivity index (χ2v) is 5.83. The van der Waals surface area contributed by atoms with Crippen molar-refractivity contribution in [2.75, 3.05) is 13.7 Å². The smallest absolute Gasteiger partial charge is 0.467 e. The molecule has 0 aliphatic rings. The number of nitrogens with one attached hydrogen (secondary N) is 2. The molecule has 0 heterocycles. The Morgan fingerprint density at radius 1 is 0.893 bits per heavy atom. The Hall–Kier alpha value is -2.54. The first-order chi connectivity index (χ1) is 12.6. The van der Waals surface area contributed by atoms with E-state index in [2.05, 4.69) is 9.47 Å². The summed E-state index contributed by atoms with van der Waals surface area (Å²) in [6.07, 6.45) is -11.0. The first-order valence-electron chi connectivity index (χ1n) is 7.59. The van der Waals surface area contributed by atoms with E-state index in [-0.39, 0.29) is 12.3 Å². The third-order valence-electron chi connectivity index (χ3n) is 3.00. The molecule has 0 saturated heterocycles. The number of methoxy groups -OCH3 is 1. The lowest BCUT2D eigenvalue weighted by Crippen LogP contribution is -2.56. The molecule has 0 aromatic carbocycles. The van der Waals surface area contributed by atoms with E-state index in [1.165, 1.54) is 0 Å². The van der Waals surface area contributed by atoms with Gasteiger partial charge in [0.2, 0.25) is 5.91 Å². The maximum atomic E-state index is 12.4. The minimum absolute atomic E-state index is 0.0271. The molecule has 0 aromatic rings. The average molecular weight is 424 g/mol. The molecule has 28 heavy (non-hydrogen) atoms. The van der Waals surface area contributed by atoms with Gasteiger partial charge in [0.1, 0.15) is 18.7 Å². The summed E-state index contributed by atoms with van der Waals surface area (Å²) >= 11 is 0. The van der Waals surface area contributed by atoms with Gasteiger partial charge in [0.05, 0.1) is 7.11 Å². The van der Waals surface area contributed by atoms with Gasteiger partial charge in [-0.2, -0.15) is 26.3 Å². The monoisotopic (exact) mass is 424 g/mol. The number of hydrogen-bond donors (Lipinski definition) is 2. The molecular weight excluding hydrogens is 406 g/mol. The number of halogens is 6. The van der Waals surface area contributed by atoms with Crippen LogP contribution in [-0.4, -0.2) is 61.9 Å². The minimum atomic E-state index is -5.47. The highest BCUT2D eigenvalue weighted by Gasteiger charge is 2.44. The van der Waals surface area contributed by atoms with E-state index >= 15 is 0 Å². The van der Waals surface area contributed by atoms with Gasteiger partial charge in [-0.3, -0.25) is 9.59 Å². The van der Waals surface area contributed by atoms with Crippen molar-refractivity contribution in [2.45, 2.75) is 44.7 Å². The fourth-order valence-corrected chi connectivity index (χ4v) is 1.76. The van der Waals surface area contributed by atoms with E-state index in [4.69, 9.17) is 0 Å². The highest BCUT2D eigenvalue weighted by atomic mass is 19.4. The lowest BCUT2D eigenvalue weighted by molar-refractivity contribution is -0.200. The summed E-state index contributed by atoms with van der Waals surface area (Å²) in [7, 11) is 0.968. The van der Waals surface area contributed by atoms with Crippen LogP contribution in [0.4, 0.5) is 26.3 Å². The van der Waals surface area contributed by atoms with Crippen molar-refractivity contribution < 1.29 is 55.0 Å². The Balaban J connectivity index is 5.39. The summed E-state index contributed by atoms with van der Waals surface area (Å²) in [6.45, 7) is 1.72. The highest BCUT2D eigenvalue weighted by Crippen LogP contribution is 2.17. The van der Waals surface area contributed by atoms with Crippen LogP contribution in [0.5, 0.6) is 0 Å². The molecule has 0 aromatic heterocycles. The van der Waals surface area contributed by atoms with Gasteiger partial charge in [-0.15, -0.1) is 0 Å². The van der Waals surface area contributed by atoms with Gasteiger partial charge >= 0.3 is 30.2 Å². The van der Waals surface area contributed by atoms with Crippen molar-refractivity contribution in [3.8, 4) is 0 Å². The van der Waals surface area contributed by atoms with E-state index in [0.717, 1.165) is 12.4 Å². The predicted molar refractivity (Wildman–Crippen MR) is 78.4 cm³/mol. The summed E-state index contributed by atoms with van der Waals surface area (Å²) in [5, 5.41) is 3.06. The zero-order valence-electron chi connectivity index (χ0n) is 14.9. The average Bonchev–Trinajstić information content (AvgIpc) is 2.54. The number of rotatable bonds is 8. The molecule has 14 heteroatoms. The van der Waals surface area contributed by atoms with Crippen LogP contribution in [-0.2, 0) is 28.7 Å². The molecule has 2 N–H and O–H groups in total. The largest absolute Gasteiger partial charge is 0.490 e. The lowest BCUT2D eigenvalue weighted by atomic mass is 10.0. The summed E-state index contributed by atoms with van der Waals surface area (Å²) in [5.74, 6) is -8.10. The van der Waals surface area contributed by atoms with Crippen LogP contribution in [0.3, 0.4) is 0 Å². The van der Waals surface area contributed by atoms with Crippen molar-refractivity contribution in [2.24, 2.45) is 5.92 Å². The minimum Gasteiger partial charge on any atom is -0.467 e. The Morgan fingerprint density at radius 2 is 1.43 bits per heavy atom. The molecule has 0 aliphatic carbocycles. The van der Waals surface area contributed by atoms with Gasteiger partial charge in [0.25, 0.3) is 0 Å². The van der Waals surface area contributed by atoms with Crippen LogP contribution in [0, 0.1) is 5.92 Å². The van der Waals surface area contributed by atoms with Gasteiger partial charge < -0.3 is 20.1 Å². The lowest BCUT2D eigenvalue weighted by Gasteiger charge is -2.23. The maximum Gasteiger partial charge on any atom is 0.490 e. The van der Waals surface area contributed by atoms with Crippen molar-refractivity contribution in [1.82, 2.24) is 10.6 Å². The van der Waals surface area contributed by atoms with Crippen LogP contribution >= 0.6 is 0 Å². The van der Waals surface area contributed by atoms with E-state index < -0.39 is 54.8 Å². The summed E-state index contributed by atoms with van der Waals surface area (Å²) in [5.41, 5.74) is 0. The second kappa shape index (κ2) is 10.1. The van der Waals surface area contributed by atoms with Crippen LogP contribution < -0.4 is 10.6 Å². The molecular formula is C14H18F6N2O6. The molecule has 8 nitrogen and oxygen atoms in total. The third kappa shape index (κ3) is 8.90. The normalized spacial score (nSPS) is 14.1. The van der Waals surface area contributed by atoms with Crippen LogP contribution in [0.1, 0.15) is 20.3 Å². The molecule has 0 fully saturated rings. The summed E-state index contributed by atoms with van der Waals surface area (Å²) in [4.78, 5) is 45.5. The Kier molecular flexibility index (Phi) is 9.21. The molecule has 0 radical (unpaired) electrons. The summed E-state index contributed by atoms with van der Waals surface area (Å²) in [6, 6.07) is -3.71. The molecule has 0 bridgehead atoms. The van der Waals surface area contributed by atoms with Crippen LogP contribution in [0.2, 0.25) is 0 Å². The first kappa shape index (κ1) is 25.5. The fourth-order valence-electron chi connectivity index (χ4n) is 1.76. The van der Waals surface area contributed by atoms with Gasteiger partial charge in [-0.1, -0.05) is 13.8 Å². The zero-order valence-corrected chi connectivity index (χ0v) is 14.9. The quantitative estimate of drug-likeness (QED) is 0.442. The number of ether oxygens (including phenoxy) is 2. The Labute approximate surface area is 154 Å². The highest BCUT2D eigenvalue weighted by molar-refractivity contribution is 5.92. The van der Waals surface area contributed by atoms with Crippen LogP contribution in [0.15, 0.2) is 0 Å². The molecule has 162 valence electrons. The SMILES string of the molecule is COC(=O)C(CC(C)C)NC(=O)C(COC(=O)C(F)(F)F)NC(=O)C(F)(F)F. The molecule has 2 amide bonds. The fraction of sp³-hybridized carbons (Fsp3) is 0.714. The van der Waals surface area contributed by atoms with Crippen LogP contribution in [0.25, 0.3) is 0 Å². The predicted octanol–water partition coefficient (Wildman–Crippen LogP) is 0.843. The van der Waals surface area contributed by atoms with Crippen molar-refractivity contribution >= 4 is 23.8 Å². The first-order valence-corrected chi connectivity index (χ1v) is 7.59. The van der Waals surface area contributed by atoms with Crippen molar-refractivity contribution in [1.29, 1.82) is 0 Å². The molecule has 0 rings (SSSR count). The Bertz CT molecular complexity index is 590. The van der Waals surface area contributed by atoms with Gasteiger partial charge in [0, 0.05) is 0 Å². The van der Waals surface area contributed by atoms with E-state index in [1.807, 2.05) is 5.32 Å². The zero-order chi connectivity index (χ0) is 22.3. The second-order valence-electron chi connectivity index (χ2n) is 5.83. The third-order valence-corrected chi connectivity index (χ3v) is 3.00. The molecule has 0 saturated carbocycles. The Morgan fingerprint density at radius 3 is 1.82 bits per heavy atom. The molecule has 0 spiro atoms. The number of amides is 2. The van der Waals surface area contributed by atoms with E-state index in [0.29, 0.717) is 0 Å². The van der Waals surface area contributed by atoms with Crippen molar-refractivity contribution in [3.05, 3.63) is 0 Å². The van der Waals surface area contributed by atoms with E-state index in [1.54, 1.807) is 13.8 Å². The van der Waals surface area contributed by atoms with Gasteiger partial charge in [-0.25, -0.2) is 9.59 Å². The number of alkyl halides is 6. The molecule has 2 unspecified atom stereocenters. The summed E-state index contributed by atoms with van der Waals surface area (Å²) < 4.78 is 81.7.